The molecule has 0 spiro atoms. The Morgan fingerprint density at radius 3 is 2.37 bits per heavy atom. The first kappa shape index (κ1) is 33.3. The first-order chi connectivity index (χ1) is 21.5. The number of halogens is 6. The molecule has 1 saturated carbocycles. The third-order valence-electron chi connectivity index (χ3n) is 8.13. The van der Waals surface area contributed by atoms with Crippen LogP contribution in [0.1, 0.15) is 57.7 Å². The summed E-state index contributed by atoms with van der Waals surface area (Å²) in [5.74, 6) is -4.85. The van der Waals surface area contributed by atoms with Crippen LogP contribution in [0.5, 0.6) is 0 Å². The van der Waals surface area contributed by atoms with Gasteiger partial charge in [0.15, 0.2) is 0 Å². The highest BCUT2D eigenvalue weighted by molar-refractivity contribution is 5.71. The van der Waals surface area contributed by atoms with Crippen LogP contribution in [0.3, 0.4) is 0 Å². The van der Waals surface area contributed by atoms with Crippen LogP contribution < -0.4 is 15.5 Å². The van der Waals surface area contributed by atoms with Crippen molar-refractivity contribution < 1.29 is 41.0 Å². The van der Waals surface area contributed by atoms with Crippen molar-refractivity contribution in [2.45, 2.75) is 76.4 Å². The lowest BCUT2D eigenvalue weighted by atomic mass is 9.75. The largest absolute Gasteiger partial charge is 0.444 e. The molecule has 1 aliphatic heterocycles. The van der Waals surface area contributed by atoms with E-state index in [2.05, 4.69) is 20.6 Å². The molecule has 5 rings (SSSR count). The molecule has 2 atom stereocenters. The number of alkyl carbamates (subject to hydrolysis) is 1. The monoisotopic (exact) mass is 651 g/mol. The number of aliphatic hydroxyl groups is 1. The van der Waals surface area contributed by atoms with Gasteiger partial charge in [-0.15, -0.1) is 0 Å². The summed E-state index contributed by atoms with van der Waals surface area (Å²) in [6.45, 7) is 4.52. The number of hydrogen-bond acceptors (Lipinski definition) is 7. The SMILES string of the molecule is CC(C)(C)OC(=O)N[C@H]1C[C@@H](C(F)(F)F)CN(c2ccncc2NCc2ccc(F)c(-c3c(F)cc(C4(O)CCC4)cc3F)n2)C1. The number of carbonyl (C=O) groups excluding carboxylic acids is 1. The van der Waals surface area contributed by atoms with E-state index >= 15 is 8.78 Å². The average molecular weight is 652 g/mol. The number of carbonyl (C=O) groups is 1. The van der Waals surface area contributed by atoms with E-state index < -0.39 is 64.1 Å². The number of nitrogens with zero attached hydrogens (tertiary/aromatic N) is 3. The molecule has 46 heavy (non-hydrogen) atoms. The zero-order valence-corrected chi connectivity index (χ0v) is 25.5. The summed E-state index contributed by atoms with van der Waals surface area (Å²) in [5.41, 5.74) is -2.45. The summed E-state index contributed by atoms with van der Waals surface area (Å²) in [6, 6.07) is 4.95. The zero-order chi connectivity index (χ0) is 33.4. The Morgan fingerprint density at radius 1 is 1.07 bits per heavy atom. The molecule has 0 unspecified atom stereocenters. The van der Waals surface area contributed by atoms with Gasteiger partial charge in [-0.05, 0) is 82.3 Å². The average Bonchev–Trinajstić information content (AvgIpc) is 2.94. The highest BCUT2D eigenvalue weighted by Gasteiger charge is 2.45. The van der Waals surface area contributed by atoms with Crippen molar-refractivity contribution in [3.63, 3.8) is 0 Å². The lowest BCUT2D eigenvalue weighted by Crippen LogP contribution is -2.54. The molecule has 248 valence electrons. The number of hydrogen-bond donors (Lipinski definition) is 3. The first-order valence-electron chi connectivity index (χ1n) is 14.9. The highest BCUT2D eigenvalue weighted by Crippen LogP contribution is 2.43. The van der Waals surface area contributed by atoms with Crippen LogP contribution in [0.2, 0.25) is 0 Å². The number of pyridine rings is 2. The van der Waals surface area contributed by atoms with Crippen LogP contribution in [0.15, 0.2) is 42.7 Å². The fraction of sp³-hybridized carbons (Fsp3) is 0.469. The predicted molar refractivity (Wildman–Crippen MR) is 158 cm³/mol. The van der Waals surface area contributed by atoms with Crippen molar-refractivity contribution in [3.8, 4) is 11.3 Å². The minimum atomic E-state index is -4.53. The first-order valence-corrected chi connectivity index (χ1v) is 14.9. The maximum Gasteiger partial charge on any atom is 0.407 e. The fourth-order valence-electron chi connectivity index (χ4n) is 5.72. The molecular weight excluding hydrogens is 616 g/mol. The van der Waals surface area contributed by atoms with E-state index in [1.165, 1.54) is 29.4 Å². The van der Waals surface area contributed by atoms with Crippen molar-refractivity contribution in [2.75, 3.05) is 23.3 Å². The third-order valence-corrected chi connectivity index (χ3v) is 8.13. The van der Waals surface area contributed by atoms with Crippen LogP contribution in [-0.4, -0.2) is 52.1 Å². The van der Waals surface area contributed by atoms with Crippen molar-refractivity contribution in [3.05, 3.63) is 71.4 Å². The van der Waals surface area contributed by atoms with Gasteiger partial charge in [0.05, 0.1) is 52.9 Å². The molecule has 2 fully saturated rings. The van der Waals surface area contributed by atoms with Crippen LogP contribution in [-0.2, 0) is 16.9 Å². The summed E-state index contributed by atoms with van der Waals surface area (Å²) < 4.78 is 92.1. The molecule has 1 amide bonds. The Morgan fingerprint density at radius 2 is 1.76 bits per heavy atom. The minimum Gasteiger partial charge on any atom is -0.444 e. The van der Waals surface area contributed by atoms with E-state index in [0.717, 1.165) is 24.6 Å². The number of nitrogens with one attached hydrogen (secondary N) is 2. The molecule has 1 saturated heterocycles. The number of rotatable bonds is 7. The molecule has 1 aromatic carbocycles. The maximum absolute atomic E-state index is 15.1. The fourth-order valence-corrected chi connectivity index (χ4v) is 5.72. The molecule has 14 heteroatoms. The summed E-state index contributed by atoms with van der Waals surface area (Å²) in [6.07, 6.45) is -1.42. The Labute approximate surface area is 262 Å². The second-order valence-electron chi connectivity index (χ2n) is 12.8. The van der Waals surface area contributed by atoms with Crippen LogP contribution >= 0.6 is 0 Å². The highest BCUT2D eigenvalue weighted by atomic mass is 19.4. The van der Waals surface area contributed by atoms with Gasteiger partial charge in [-0.1, -0.05) is 0 Å². The molecular formula is C32H35F6N5O3. The van der Waals surface area contributed by atoms with Crippen molar-refractivity contribution in [2.24, 2.45) is 5.92 Å². The van der Waals surface area contributed by atoms with E-state index in [4.69, 9.17) is 4.74 Å². The molecule has 8 nitrogen and oxygen atoms in total. The van der Waals surface area contributed by atoms with Gasteiger partial charge in [0, 0.05) is 19.3 Å². The molecule has 1 aliphatic carbocycles. The molecule has 3 N–H and O–H groups in total. The lowest BCUT2D eigenvalue weighted by molar-refractivity contribution is -0.177. The van der Waals surface area contributed by atoms with E-state index in [0.29, 0.717) is 24.2 Å². The van der Waals surface area contributed by atoms with Crippen molar-refractivity contribution in [1.82, 2.24) is 15.3 Å². The zero-order valence-electron chi connectivity index (χ0n) is 25.5. The molecule has 0 bridgehead atoms. The summed E-state index contributed by atoms with van der Waals surface area (Å²) >= 11 is 0. The quantitative estimate of drug-likeness (QED) is 0.241. The van der Waals surface area contributed by atoms with Gasteiger partial charge >= 0.3 is 12.3 Å². The summed E-state index contributed by atoms with van der Waals surface area (Å²) in [5, 5.41) is 16.1. The van der Waals surface area contributed by atoms with Crippen molar-refractivity contribution in [1.29, 1.82) is 0 Å². The lowest BCUT2D eigenvalue weighted by Gasteiger charge is -2.40. The standard InChI is InChI=1S/C32H35F6N5O3/c1-30(2,3)46-29(44)42-21-11-19(32(36,37)38)16-43(17-21)26-7-10-39-15-25(26)40-14-20-5-6-22(33)28(41-20)27-23(34)12-18(13-24(27)35)31(45)8-4-9-31/h5-7,10,12-13,15,19,21,40,45H,4,8-9,11,14,16-17H2,1-3H3,(H,42,44)/t19-,21+/m1/s1. The Balaban J connectivity index is 1.36. The van der Waals surface area contributed by atoms with Gasteiger partial charge in [0.25, 0.3) is 0 Å². The van der Waals surface area contributed by atoms with Gasteiger partial charge < -0.3 is 25.4 Å². The minimum absolute atomic E-state index is 0.0487. The van der Waals surface area contributed by atoms with Gasteiger partial charge in [0.1, 0.15) is 28.7 Å². The van der Waals surface area contributed by atoms with Crippen LogP contribution in [0.25, 0.3) is 11.3 Å². The molecule has 0 radical (unpaired) electrons. The van der Waals surface area contributed by atoms with E-state index in [9.17, 15) is 27.5 Å². The second-order valence-corrected chi connectivity index (χ2v) is 12.8. The number of anilines is 2. The number of aromatic nitrogens is 2. The number of ether oxygens (including phenoxy) is 1. The molecule has 2 aliphatic rings. The maximum atomic E-state index is 15.1. The topological polar surface area (TPSA) is 99.6 Å². The summed E-state index contributed by atoms with van der Waals surface area (Å²) in [7, 11) is 0. The number of alkyl halides is 3. The summed E-state index contributed by atoms with van der Waals surface area (Å²) in [4.78, 5) is 22.1. The van der Waals surface area contributed by atoms with E-state index in [1.807, 2.05) is 0 Å². The van der Waals surface area contributed by atoms with Gasteiger partial charge in [-0.3, -0.25) is 4.98 Å². The second kappa shape index (κ2) is 12.6. The van der Waals surface area contributed by atoms with Gasteiger partial charge in [0.2, 0.25) is 0 Å². The molecule has 3 heterocycles. The van der Waals surface area contributed by atoms with Gasteiger partial charge in [-0.2, -0.15) is 13.2 Å². The van der Waals surface area contributed by atoms with Crippen LogP contribution in [0, 0.1) is 23.4 Å². The van der Waals surface area contributed by atoms with E-state index in [1.54, 1.807) is 20.8 Å². The number of benzene rings is 1. The van der Waals surface area contributed by atoms with Gasteiger partial charge in [-0.25, -0.2) is 22.9 Å². The van der Waals surface area contributed by atoms with Crippen LogP contribution in [0.4, 0.5) is 42.5 Å². The Bertz CT molecular complexity index is 1570. The predicted octanol–water partition coefficient (Wildman–Crippen LogP) is 6.83. The molecule has 3 aromatic rings. The normalized spacial score (nSPS) is 19.7. The number of piperidine rings is 1. The smallest absolute Gasteiger partial charge is 0.407 e. The van der Waals surface area contributed by atoms with Crippen molar-refractivity contribution >= 4 is 17.5 Å². The van der Waals surface area contributed by atoms with E-state index in [-0.39, 0.29) is 37.3 Å². The Hall–Kier alpha value is -4.07. The Kier molecular flexibility index (Phi) is 9.13. The molecule has 2 aromatic heterocycles. The third kappa shape index (κ3) is 7.48. The number of amides is 1.